The molecule has 3 nitrogen and oxygen atoms in total. The van der Waals surface area contributed by atoms with Crippen molar-refractivity contribution in [1.82, 2.24) is 10.3 Å². The molecule has 0 aliphatic heterocycles. The van der Waals surface area contributed by atoms with E-state index in [0.717, 1.165) is 40.6 Å². The second-order valence-corrected chi connectivity index (χ2v) is 6.76. The first-order valence-corrected chi connectivity index (χ1v) is 8.78. The van der Waals surface area contributed by atoms with Crippen molar-refractivity contribution in [2.45, 2.75) is 39.5 Å². The van der Waals surface area contributed by atoms with Crippen molar-refractivity contribution < 1.29 is 4.79 Å². The zero-order valence-electron chi connectivity index (χ0n) is 13.0. The van der Waals surface area contributed by atoms with Gasteiger partial charge in [-0.2, -0.15) is 0 Å². The summed E-state index contributed by atoms with van der Waals surface area (Å²) in [4.78, 5) is 17.4. The lowest BCUT2D eigenvalue weighted by Crippen LogP contribution is -2.25. The monoisotopic (exact) mass is 336 g/mol. The molecule has 1 aromatic heterocycles. The number of unbranched alkanes of at least 4 members (excludes halogenated alkanes) is 1. The first-order valence-electron chi connectivity index (χ1n) is 7.59. The molecule has 0 radical (unpaired) electrons. The number of hydrogen-bond donors (Lipinski definition) is 1. The summed E-state index contributed by atoms with van der Waals surface area (Å²) in [6.07, 6.45) is 3.45. The van der Waals surface area contributed by atoms with E-state index in [1.165, 1.54) is 4.88 Å². The van der Waals surface area contributed by atoms with Crippen molar-refractivity contribution in [1.29, 1.82) is 0 Å². The van der Waals surface area contributed by atoms with Gasteiger partial charge in [0.1, 0.15) is 5.01 Å². The molecule has 1 N–H and O–H groups in total. The molecule has 2 aromatic rings. The van der Waals surface area contributed by atoms with E-state index in [-0.39, 0.29) is 5.91 Å². The van der Waals surface area contributed by atoms with E-state index in [9.17, 15) is 4.79 Å². The number of amides is 1. The van der Waals surface area contributed by atoms with E-state index < -0.39 is 0 Å². The van der Waals surface area contributed by atoms with Crippen molar-refractivity contribution in [3.8, 4) is 10.6 Å². The average Bonchev–Trinajstić information content (AvgIpc) is 2.87. The standard InChI is InChI=1S/C17H21ClN2OS/c1-3-4-5-16(21)19-11-10-15-12(2)20-17(22-15)13-6-8-14(18)9-7-13/h6-9H,3-5,10-11H2,1-2H3,(H,19,21). The molecule has 0 spiro atoms. The Morgan fingerprint density at radius 3 is 2.73 bits per heavy atom. The largest absolute Gasteiger partial charge is 0.356 e. The molecule has 1 amide bonds. The van der Waals surface area contributed by atoms with E-state index in [2.05, 4.69) is 17.2 Å². The molecule has 0 aliphatic rings. The van der Waals surface area contributed by atoms with Gasteiger partial charge < -0.3 is 5.32 Å². The van der Waals surface area contributed by atoms with Crippen LogP contribution in [0, 0.1) is 6.92 Å². The van der Waals surface area contributed by atoms with E-state index in [4.69, 9.17) is 11.6 Å². The maximum Gasteiger partial charge on any atom is 0.220 e. The lowest BCUT2D eigenvalue weighted by atomic mass is 10.2. The Morgan fingerprint density at radius 2 is 2.05 bits per heavy atom. The first kappa shape index (κ1) is 17.0. The lowest BCUT2D eigenvalue weighted by Gasteiger charge is -2.03. The maximum atomic E-state index is 11.6. The highest BCUT2D eigenvalue weighted by Gasteiger charge is 2.10. The summed E-state index contributed by atoms with van der Waals surface area (Å²) in [5, 5.41) is 4.70. The number of nitrogens with one attached hydrogen (secondary N) is 1. The Bertz CT molecular complexity index is 622. The molecule has 1 heterocycles. The van der Waals surface area contributed by atoms with Gasteiger partial charge in [0, 0.05) is 34.8 Å². The minimum absolute atomic E-state index is 0.141. The van der Waals surface area contributed by atoms with Gasteiger partial charge in [-0.15, -0.1) is 11.3 Å². The van der Waals surface area contributed by atoms with Crippen LogP contribution in [0.3, 0.4) is 0 Å². The highest BCUT2D eigenvalue weighted by molar-refractivity contribution is 7.15. The van der Waals surface area contributed by atoms with Gasteiger partial charge in [0.05, 0.1) is 5.69 Å². The van der Waals surface area contributed by atoms with E-state index in [1.54, 1.807) is 11.3 Å². The molecule has 0 saturated carbocycles. The Kier molecular flexibility index (Phi) is 6.40. The number of nitrogens with zero attached hydrogens (tertiary/aromatic N) is 1. The van der Waals surface area contributed by atoms with Crippen LogP contribution in [0.2, 0.25) is 5.02 Å². The average molecular weight is 337 g/mol. The highest BCUT2D eigenvalue weighted by Crippen LogP contribution is 2.28. The zero-order chi connectivity index (χ0) is 15.9. The number of rotatable bonds is 7. The minimum Gasteiger partial charge on any atom is -0.356 e. The van der Waals surface area contributed by atoms with Crippen LogP contribution in [-0.4, -0.2) is 17.4 Å². The molecule has 2 rings (SSSR count). The Morgan fingerprint density at radius 1 is 1.32 bits per heavy atom. The molecule has 0 bridgehead atoms. The van der Waals surface area contributed by atoms with Gasteiger partial charge in [0.15, 0.2) is 0 Å². The van der Waals surface area contributed by atoms with Crippen LogP contribution >= 0.6 is 22.9 Å². The van der Waals surface area contributed by atoms with Crippen LogP contribution < -0.4 is 5.32 Å². The quantitative estimate of drug-likeness (QED) is 0.801. The Hall–Kier alpha value is -1.39. The number of carbonyl (C=O) groups is 1. The summed E-state index contributed by atoms with van der Waals surface area (Å²) >= 11 is 7.60. The number of carbonyl (C=O) groups excluding carboxylic acids is 1. The third kappa shape index (κ3) is 4.82. The van der Waals surface area contributed by atoms with Crippen molar-refractivity contribution in [3.05, 3.63) is 39.9 Å². The van der Waals surface area contributed by atoms with Crippen LogP contribution in [-0.2, 0) is 11.2 Å². The van der Waals surface area contributed by atoms with Crippen molar-refractivity contribution in [2.24, 2.45) is 0 Å². The second kappa shape index (κ2) is 8.30. The molecule has 118 valence electrons. The molecule has 0 fully saturated rings. The molecule has 0 saturated heterocycles. The number of aryl methyl sites for hydroxylation is 1. The van der Waals surface area contributed by atoms with Crippen LogP contribution in [0.4, 0.5) is 0 Å². The van der Waals surface area contributed by atoms with Crippen molar-refractivity contribution >= 4 is 28.8 Å². The van der Waals surface area contributed by atoms with E-state index >= 15 is 0 Å². The molecule has 0 atom stereocenters. The highest BCUT2D eigenvalue weighted by atomic mass is 35.5. The molecule has 5 heteroatoms. The zero-order valence-corrected chi connectivity index (χ0v) is 14.6. The third-order valence-electron chi connectivity index (χ3n) is 3.42. The number of aromatic nitrogens is 1. The molecule has 0 unspecified atom stereocenters. The summed E-state index contributed by atoms with van der Waals surface area (Å²) in [5.74, 6) is 0.141. The fourth-order valence-corrected chi connectivity index (χ4v) is 3.31. The second-order valence-electron chi connectivity index (χ2n) is 5.24. The van der Waals surface area contributed by atoms with Gasteiger partial charge in [-0.25, -0.2) is 4.98 Å². The predicted octanol–water partition coefficient (Wildman–Crippen LogP) is 4.62. The Labute approximate surface area is 140 Å². The van der Waals surface area contributed by atoms with Gasteiger partial charge in [0.25, 0.3) is 0 Å². The van der Waals surface area contributed by atoms with Crippen LogP contribution in [0.5, 0.6) is 0 Å². The van der Waals surface area contributed by atoms with Crippen molar-refractivity contribution in [3.63, 3.8) is 0 Å². The first-order chi connectivity index (χ1) is 10.6. The van der Waals surface area contributed by atoms with Gasteiger partial charge >= 0.3 is 0 Å². The molecule has 1 aromatic carbocycles. The molecular formula is C17H21ClN2OS. The molecule has 22 heavy (non-hydrogen) atoms. The van der Waals surface area contributed by atoms with Crippen LogP contribution in [0.25, 0.3) is 10.6 Å². The summed E-state index contributed by atoms with van der Waals surface area (Å²) in [7, 11) is 0. The summed E-state index contributed by atoms with van der Waals surface area (Å²) in [5.41, 5.74) is 2.12. The predicted molar refractivity (Wildman–Crippen MR) is 93.5 cm³/mol. The van der Waals surface area contributed by atoms with Gasteiger partial charge in [-0.1, -0.05) is 37.1 Å². The maximum absolute atomic E-state index is 11.6. The topological polar surface area (TPSA) is 42.0 Å². The summed E-state index contributed by atoms with van der Waals surface area (Å²) < 4.78 is 0. The fourth-order valence-electron chi connectivity index (χ4n) is 2.12. The smallest absolute Gasteiger partial charge is 0.220 e. The van der Waals surface area contributed by atoms with Gasteiger partial charge in [0.2, 0.25) is 5.91 Å². The van der Waals surface area contributed by atoms with Crippen LogP contribution in [0.1, 0.15) is 36.8 Å². The minimum atomic E-state index is 0.141. The number of benzene rings is 1. The number of hydrogen-bond acceptors (Lipinski definition) is 3. The lowest BCUT2D eigenvalue weighted by molar-refractivity contribution is -0.121. The normalized spacial score (nSPS) is 10.7. The van der Waals surface area contributed by atoms with E-state index in [1.807, 2.05) is 31.2 Å². The molecule has 0 aliphatic carbocycles. The fraction of sp³-hybridized carbons (Fsp3) is 0.412. The van der Waals surface area contributed by atoms with Crippen molar-refractivity contribution in [2.75, 3.05) is 6.54 Å². The Balaban J connectivity index is 1.93. The summed E-state index contributed by atoms with van der Waals surface area (Å²) in [6.45, 7) is 4.78. The van der Waals surface area contributed by atoms with Gasteiger partial charge in [-0.3, -0.25) is 4.79 Å². The van der Waals surface area contributed by atoms with E-state index in [0.29, 0.717) is 13.0 Å². The summed E-state index contributed by atoms with van der Waals surface area (Å²) in [6, 6.07) is 7.72. The molecular weight excluding hydrogens is 316 g/mol. The number of halogens is 1. The number of thiazole rings is 1. The van der Waals surface area contributed by atoms with Crippen LogP contribution in [0.15, 0.2) is 24.3 Å². The SMILES string of the molecule is CCCCC(=O)NCCc1sc(-c2ccc(Cl)cc2)nc1C. The van der Waals surface area contributed by atoms with Gasteiger partial charge in [-0.05, 0) is 25.5 Å². The third-order valence-corrected chi connectivity index (χ3v) is 4.93.